The van der Waals surface area contributed by atoms with E-state index >= 15 is 0 Å². The Labute approximate surface area is 185 Å². The number of benzene rings is 2. The predicted octanol–water partition coefficient (Wildman–Crippen LogP) is 5.39. The van der Waals surface area contributed by atoms with E-state index in [0.717, 1.165) is 17.1 Å². The molecule has 3 aromatic rings. The molecule has 0 saturated heterocycles. The first-order chi connectivity index (χ1) is 14.4. The molecule has 1 aromatic heterocycles. The zero-order valence-electron chi connectivity index (χ0n) is 16.1. The first-order valence-electron chi connectivity index (χ1n) is 8.74. The lowest BCUT2D eigenvalue weighted by molar-refractivity contribution is -0.113. The van der Waals surface area contributed by atoms with Gasteiger partial charge in [-0.05, 0) is 48.5 Å². The lowest BCUT2D eigenvalue weighted by Gasteiger charge is -2.12. The zero-order chi connectivity index (χ0) is 21.5. The zero-order valence-corrected chi connectivity index (χ0v) is 18.6. The monoisotopic (exact) mass is 467 g/mol. The van der Waals surface area contributed by atoms with Crippen molar-refractivity contribution in [1.29, 1.82) is 0 Å². The van der Waals surface area contributed by atoms with Gasteiger partial charge >= 0.3 is 0 Å². The third-order valence-electron chi connectivity index (χ3n) is 3.73. The highest BCUT2D eigenvalue weighted by Crippen LogP contribution is 2.30. The topological polar surface area (TPSA) is 70.2 Å². The molecule has 0 aliphatic carbocycles. The highest BCUT2D eigenvalue weighted by atomic mass is 32.2. The number of hydrogen-bond acceptors (Lipinski definition) is 8. The normalized spacial score (nSPS) is 10.8. The summed E-state index contributed by atoms with van der Waals surface area (Å²) in [5.41, 5.74) is 2.51. The number of carbonyl (C=O) groups is 1. The Kier molecular flexibility index (Phi) is 7.88. The molecule has 2 aromatic carbocycles. The fourth-order valence-electron chi connectivity index (χ4n) is 2.33. The Hall–Kier alpha value is -2.37. The second-order valence-corrected chi connectivity index (χ2v) is 9.44. The van der Waals surface area contributed by atoms with E-state index in [1.165, 1.54) is 23.1 Å². The van der Waals surface area contributed by atoms with Gasteiger partial charge in [0.25, 0.3) is 5.76 Å². The van der Waals surface area contributed by atoms with Gasteiger partial charge in [-0.1, -0.05) is 34.9 Å². The minimum atomic E-state index is -2.44. The van der Waals surface area contributed by atoms with E-state index in [4.69, 9.17) is 0 Å². The van der Waals surface area contributed by atoms with Crippen LogP contribution in [0.2, 0.25) is 0 Å². The number of thioether (sulfide) groups is 2. The van der Waals surface area contributed by atoms with Crippen molar-refractivity contribution in [3.05, 3.63) is 48.5 Å². The van der Waals surface area contributed by atoms with E-state index < -0.39 is 5.76 Å². The molecule has 1 amide bonds. The minimum absolute atomic E-state index is 0.130. The van der Waals surface area contributed by atoms with Gasteiger partial charge in [0.05, 0.1) is 5.75 Å². The van der Waals surface area contributed by atoms with Crippen molar-refractivity contribution in [1.82, 2.24) is 10.2 Å². The summed E-state index contributed by atoms with van der Waals surface area (Å²) < 4.78 is 25.4. The van der Waals surface area contributed by atoms with E-state index in [9.17, 15) is 13.6 Å². The average molecular weight is 468 g/mol. The van der Waals surface area contributed by atoms with Crippen molar-refractivity contribution in [2.45, 2.75) is 15.0 Å². The van der Waals surface area contributed by atoms with Gasteiger partial charge in [0.15, 0.2) is 4.34 Å². The Morgan fingerprint density at radius 1 is 1.07 bits per heavy atom. The molecule has 0 spiro atoms. The third kappa shape index (κ3) is 6.85. The van der Waals surface area contributed by atoms with Gasteiger partial charge in [0.2, 0.25) is 11.0 Å². The van der Waals surface area contributed by atoms with Crippen LogP contribution in [-0.2, 0) is 4.79 Å². The van der Waals surface area contributed by atoms with Gasteiger partial charge < -0.3 is 15.5 Å². The van der Waals surface area contributed by atoms with Crippen LogP contribution in [0.15, 0.2) is 57.8 Å². The lowest BCUT2D eigenvalue weighted by Crippen LogP contribution is -2.14. The van der Waals surface area contributed by atoms with Crippen molar-refractivity contribution in [3.63, 3.8) is 0 Å². The summed E-state index contributed by atoms with van der Waals surface area (Å²) in [5.74, 6) is -2.36. The van der Waals surface area contributed by atoms with Crippen molar-refractivity contribution >= 4 is 63.0 Å². The summed E-state index contributed by atoms with van der Waals surface area (Å²) in [5, 5.41) is 14.6. The number of halogens is 2. The molecule has 30 heavy (non-hydrogen) atoms. The average Bonchev–Trinajstić information content (AvgIpc) is 3.15. The van der Waals surface area contributed by atoms with Crippen molar-refractivity contribution in [2.75, 3.05) is 35.4 Å². The van der Waals surface area contributed by atoms with Gasteiger partial charge in [-0.15, -0.1) is 10.2 Å². The van der Waals surface area contributed by atoms with E-state index in [2.05, 4.69) is 20.8 Å². The molecule has 0 aliphatic rings. The number of alkyl halides is 2. The number of anilines is 4. The number of rotatable bonds is 9. The summed E-state index contributed by atoms with van der Waals surface area (Å²) in [7, 11) is 3.91. The molecule has 0 aliphatic heterocycles. The Bertz CT molecular complexity index is 965. The van der Waals surface area contributed by atoms with Crippen LogP contribution in [0.1, 0.15) is 0 Å². The van der Waals surface area contributed by atoms with Crippen LogP contribution in [0.25, 0.3) is 0 Å². The molecule has 0 fully saturated rings. The second kappa shape index (κ2) is 10.6. The summed E-state index contributed by atoms with van der Waals surface area (Å²) in [6.07, 6.45) is 0. The first-order valence-corrected chi connectivity index (χ1v) is 11.4. The van der Waals surface area contributed by atoms with Crippen LogP contribution >= 0.6 is 34.9 Å². The molecule has 11 heteroatoms. The fraction of sp³-hybridized carbons (Fsp3) is 0.211. The van der Waals surface area contributed by atoms with Crippen LogP contribution in [0.5, 0.6) is 0 Å². The van der Waals surface area contributed by atoms with Gasteiger partial charge in [-0.2, -0.15) is 8.78 Å². The predicted molar refractivity (Wildman–Crippen MR) is 122 cm³/mol. The maximum Gasteiger partial charge on any atom is 0.288 e. The van der Waals surface area contributed by atoms with Crippen LogP contribution < -0.4 is 15.5 Å². The summed E-state index contributed by atoms with van der Waals surface area (Å²) in [6, 6.07) is 14.2. The summed E-state index contributed by atoms with van der Waals surface area (Å²) >= 11 is 3.11. The number of nitrogens with zero attached hydrogens (tertiary/aromatic N) is 3. The van der Waals surface area contributed by atoms with Crippen LogP contribution in [0.3, 0.4) is 0 Å². The maximum absolute atomic E-state index is 12.4. The second-order valence-electron chi connectivity index (χ2n) is 6.18. The van der Waals surface area contributed by atoms with Crippen molar-refractivity contribution in [3.8, 4) is 0 Å². The van der Waals surface area contributed by atoms with E-state index in [-0.39, 0.29) is 11.7 Å². The highest BCUT2D eigenvalue weighted by Gasteiger charge is 2.10. The van der Waals surface area contributed by atoms with Crippen LogP contribution in [0.4, 0.5) is 31.0 Å². The number of hydrogen-bond donors (Lipinski definition) is 2. The molecule has 158 valence electrons. The Balaban J connectivity index is 1.47. The lowest BCUT2D eigenvalue weighted by atomic mass is 10.2. The molecule has 0 unspecified atom stereocenters. The Morgan fingerprint density at radius 3 is 2.37 bits per heavy atom. The van der Waals surface area contributed by atoms with Gasteiger partial charge in [-0.3, -0.25) is 4.79 Å². The van der Waals surface area contributed by atoms with Crippen LogP contribution in [-0.4, -0.2) is 41.7 Å². The Morgan fingerprint density at radius 2 is 1.73 bits per heavy atom. The molecule has 0 bridgehead atoms. The molecule has 1 heterocycles. The molecule has 6 nitrogen and oxygen atoms in total. The molecule has 0 radical (unpaired) electrons. The third-order valence-corrected chi connectivity index (χ3v) is 6.43. The molecule has 0 atom stereocenters. The summed E-state index contributed by atoms with van der Waals surface area (Å²) in [6.45, 7) is 0. The summed E-state index contributed by atoms with van der Waals surface area (Å²) in [4.78, 5) is 14.6. The van der Waals surface area contributed by atoms with E-state index in [1.807, 2.05) is 43.3 Å². The maximum atomic E-state index is 12.4. The first kappa shape index (κ1) is 22.3. The highest BCUT2D eigenvalue weighted by molar-refractivity contribution is 8.01. The minimum Gasteiger partial charge on any atom is -0.378 e. The van der Waals surface area contributed by atoms with Gasteiger partial charge in [0.1, 0.15) is 0 Å². The van der Waals surface area contributed by atoms with E-state index in [1.54, 1.807) is 24.3 Å². The number of carbonyl (C=O) groups excluding carboxylic acids is 1. The molecule has 0 saturated carbocycles. The molecule has 2 N–H and O–H groups in total. The van der Waals surface area contributed by atoms with Gasteiger partial charge in [0, 0.05) is 36.1 Å². The smallest absolute Gasteiger partial charge is 0.288 e. The molecule has 3 rings (SSSR count). The quantitative estimate of drug-likeness (QED) is 0.409. The van der Waals surface area contributed by atoms with E-state index in [0.29, 0.717) is 26.1 Å². The number of aromatic nitrogens is 2. The standard InChI is InChI=1S/C19H19F2N5OS3/c1-26(2)14-7-3-12(4-8-14)22-16(27)11-28-19-25-24-18(30-19)23-13-5-9-15(10-6-13)29-17(20)21/h3-10,17H,11H2,1-2H3,(H,22,27)(H,23,24). The largest absolute Gasteiger partial charge is 0.378 e. The fourth-order valence-corrected chi connectivity index (χ4v) is 4.40. The SMILES string of the molecule is CN(C)c1ccc(NC(=O)CSc2nnc(Nc3ccc(SC(F)F)cc3)s2)cc1. The molecular formula is C19H19F2N5OS3. The van der Waals surface area contributed by atoms with Crippen molar-refractivity contribution in [2.24, 2.45) is 0 Å². The number of nitrogens with one attached hydrogen (secondary N) is 2. The van der Waals surface area contributed by atoms with Gasteiger partial charge in [-0.25, -0.2) is 0 Å². The van der Waals surface area contributed by atoms with Crippen molar-refractivity contribution < 1.29 is 13.6 Å². The number of amides is 1. The van der Waals surface area contributed by atoms with Crippen LogP contribution in [0, 0.1) is 0 Å². The molecular weight excluding hydrogens is 448 g/mol.